The number of rotatable bonds is 8. The van der Waals surface area contributed by atoms with Gasteiger partial charge in [0.2, 0.25) is 5.91 Å². The molecule has 2 aromatic carbocycles. The number of benzene rings is 2. The zero-order chi connectivity index (χ0) is 21.2. The predicted octanol–water partition coefficient (Wildman–Crippen LogP) is 3.96. The molecule has 8 heteroatoms. The molecule has 2 amide bonds. The standard InChI is InChI=1S/C21H25N3O4S/c1-4-5-9-19(25)23-17-11-10-15(13-18(17)28-3)22-21(29)24-20(26)14-7-6-8-16(12-14)27-2/h6-8,10-13H,4-5,9H2,1-3H3,(H,23,25)(H2,22,24,26,29). The van der Waals surface area contributed by atoms with Crippen molar-refractivity contribution in [1.82, 2.24) is 5.32 Å². The van der Waals surface area contributed by atoms with Gasteiger partial charge in [-0.2, -0.15) is 0 Å². The predicted molar refractivity (Wildman–Crippen MR) is 118 cm³/mol. The van der Waals surface area contributed by atoms with Crippen molar-refractivity contribution >= 4 is 40.5 Å². The van der Waals surface area contributed by atoms with Crippen LogP contribution >= 0.6 is 12.2 Å². The molecule has 3 N–H and O–H groups in total. The third kappa shape index (κ3) is 6.76. The Morgan fingerprint density at radius 2 is 1.83 bits per heavy atom. The molecular formula is C21H25N3O4S. The van der Waals surface area contributed by atoms with E-state index in [0.29, 0.717) is 34.9 Å². The van der Waals surface area contributed by atoms with Crippen LogP contribution in [-0.4, -0.2) is 31.1 Å². The molecule has 0 aliphatic heterocycles. The van der Waals surface area contributed by atoms with Crippen LogP contribution in [0, 0.1) is 0 Å². The van der Waals surface area contributed by atoms with Gasteiger partial charge >= 0.3 is 0 Å². The molecule has 0 aliphatic rings. The summed E-state index contributed by atoms with van der Waals surface area (Å²) >= 11 is 5.22. The summed E-state index contributed by atoms with van der Waals surface area (Å²) in [6.07, 6.45) is 2.24. The molecule has 2 rings (SSSR count). The highest BCUT2D eigenvalue weighted by molar-refractivity contribution is 7.80. The fourth-order valence-corrected chi connectivity index (χ4v) is 2.73. The van der Waals surface area contributed by atoms with Crippen LogP contribution in [0.5, 0.6) is 11.5 Å². The van der Waals surface area contributed by atoms with E-state index in [4.69, 9.17) is 21.7 Å². The summed E-state index contributed by atoms with van der Waals surface area (Å²) in [5, 5.41) is 8.53. The zero-order valence-corrected chi connectivity index (χ0v) is 17.5. The monoisotopic (exact) mass is 415 g/mol. The van der Waals surface area contributed by atoms with Gasteiger partial charge in [0.1, 0.15) is 11.5 Å². The first-order valence-corrected chi connectivity index (χ1v) is 9.62. The summed E-state index contributed by atoms with van der Waals surface area (Å²) in [4.78, 5) is 24.3. The van der Waals surface area contributed by atoms with E-state index in [9.17, 15) is 9.59 Å². The second-order valence-corrected chi connectivity index (χ2v) is 6.62. The summed E-state index contributed by atoms with van der Waals surface area (Å²) in [5.41, 5.74) is 1.62. The van der Waals surface area contributed by atoms with Crippen LogP contribution in [0.1, 0.15) is 36.5 Å². The number of amides is 2. The minimum atomic E-state index is -0.354. The lowest BCUT2D eigenvalue weighted by atomic mass is 10.2. The number of anilines is 2. The van der Waals surface area contributed by atoms with Crippen molar-refractivity contribution < 1.29 is 19.1 Å². The van der Waals surface area contributed by atoms with Gasteiger partial charge < -0.3 is 20.1 Å². The Labute approximate surface area is 175 Å². The third-order valence-electron chi connectivity index (χ3n) is 4.05. The number of nitrogens with one attached hydrogen (secondary N) is 3. The van der Waals surface area contributed by atoms with Crippen molar-refractivity contribution in [3.63, 3.8) is 0 Å². The molecule has 0 unspecified atom stereocenters. The van der Waals surface area contributed by atoms with Gasteiger partial charge in [-0.1, -0.05) is 19.4 Å². The van der Waals surface area contributed by atoms with Crippen LogP contribution < -0.4 is 25.4 Å². The summed E-state index contributed by atoms with van der Waals surface area (Å²) < 4.78 is 10.5. The number of unbranched alkanes of at least 4 members (excludes halogenated alkanes) is 1. The molecule has 7 nitrogen and oxygen atoms in total. The van der Waals surface area contributed by atoms with E-state index in [0.717, 1.165) is 12.8 Å². The first-order valence-electron chi connectivity index (χ1n) is 9.21. The molecular weight excluding hydrogens is 390 g/mol. The molecule has 0 aromatic heterocycles. The number of hydrogen-bond acceptors (Lipinski definition) is 5. The van der Waals surface area contributed by atoms with Crippen molar-refractivity contribution in [3.05, 3.63) is 48.0 Å². The highest BCUT2D eigenvalue weighted by Gasteiger charge is 2.11. The number of thiocarbonyl (C=S) groups is 1. The normalized spacial score (nSPS) is 10.0. The molecule has 0 bridgehead atoms. The van der Waals surface area contributed by atoms with Crippen molar-refractivity contribution in [1.29, 1.82) is 0 Å². The molecule has 0 spiro atoms. The van der Waals surface area contributed by atoms with E-state index in [1.54, 1.807) is 42.5 Å². The van der Waals surface area contributed by atoms with Crippen molar-refractivity contribution in [2.45, 2.75) is 26.2 Å². The molecule has 0 aliphatic carbocycles. The summed E-state index contributed by atoms with van der Waals surface area (Å²) in [5.74, 6) is 0.653. The van der Waals surface area contributed by atoms with Crippen LogP contribution in [0.4, 0.5) is 11.4 Å². The van der Waals surface area contributed by atoms with Gasteiger partial charge in [-0.3, -0.25) is 14.9 Å². The molecule has 2 aromatic rings. The van der Waals surface area contributed by atoms with Crippen LogP contribution in [0.15, 0.2) is 42.5 Å². The average molecular weight is 416 g/mol. The van der Waals surface area contributed by atoms with Crippen LogP contribution in [0.25, 0.3) is 0 Å². The quantitative estimate of drug-likeness (QED) is 0.566. The number of hydrogen-bond donors (Lipinski definition) is 3. The molecule has 154 valence electrons. The Morgan fingerprint density at radius 3 is 2.52 bits per heavy atom. The fourth-order valence-electron chi connectivity index (χ4n) is 2.52. The van der Waals surface area contributed by atoms with Crippen LogP contribution in [-0.2, 0) is 4.79 Å². The van der Waals surface area contributed by atoms with Gasteiger partial charge in [0.05, 0.1) is 19.9 Å². The largest absolute Gasteiger partial charge is 0.497 e. The van der Waals surface area contributed by atoms with E-state index >= 15 is 0 Å². The lowest BCUT2D eigenvalue weighted by molar-refractivity contribution is -0.116. The number of methoxy groups -OCH3 is 2. The molecule has 0 fully saturated rings. The summed E-state index contributed by atoms with van der Waals surface area (Å²) in [6.45, 7) is 2.03. The van der Waals surface area contributed by atoms with Crippen molar-refractivity contribution in [2.75, 3.05) is 24.9 Å². The topological polar surface area (TPSA) is 88.7 Å². The molecule has 0 saturated carbocycles. The average Bonchev–Trinajstić information content (AvgIpc) is 2.73. The third-order valence-corrected chi connectivity index (χ3v) is 4.25. The highest BCUT2D eigenvalue weighted by atomic mass is 32.1. The maximum absolute atomic E-state index is 12.3. The first kappa shape index (κ1) is 22.2. The maximum atomic E-state index is 12.3. The molecule has 29 heavy (non-hydrogen) atoms. The molecule has 0 radical (unpaired) electrons. The van der Waals surface area contributed by atoms with E-state index in [2.05, 4.69) is 16.0 Å². The van der Waals surface area contributed by atoms with E-state index in [1.807, 2.05) is 6.92 Å². The minimum Gasteiger partial charge on any atom is -0.497 e. The zero-order valence-electron chi connectivity index (χ0n) is 16.7. The first-order chi connectivity index (χ1) is 14.0. The van der Waals surface area contributed by atoms with Gasteiger partial charge in [0.15, 0.2) is 5.11 Å². The SMILES string of the molecule is CCCCC(=O)Nc1ccc(NC(=S)NC(=O)c2cccc(OC)c2)cc1OC. The second-order valence-electron chi connectivity index (χ2n) is 6.21. The Bertz CT molecular complexity index is 886. The molecule has 0 heterocycles. The molecule has 0 atom stereocenters. The van der Waals surface area contributed by atoms with Crippen LogP contribution in [0.3, 0.4) is 0 Å². The van der Waals surface area contributed by atoms with E-state index in [-0.39, 0.29) is 16.9 Å². The maximum Gasteiger partial charge on any atom is 0.257 e. The smallest absolute Gasteiger partial charge is 0.257 e. The van der Waals surface area contributed by atoms with Crippen LogP contribution in [0.2, 0.25) is 0 Å². The Morgan fingerprint density at radius 1 is 1.03 bits per heavy atom. The Hall–Kier alpha value is -3.13. The minimum absolute atomic E-state index is 0.0630. The van der Waals surface area contributed by atoms with Gasteiger partial charge in [0, 0.05) is 23.7 Å². The van der Waals surface area contributed by atoms with Crippen molar-refractivity contribution in [3.8, 4) is 11.5 Å². The highest BCUT2D eigenvalue weighted by Crippen LogP contribution is 2.28. The van der Waals surface area contributed by atoms with Gasteiger partial charge in [-0.05, 0) is 49.0 Å². The Kier molecular flexibility index (Phi) is 8.42. The lowest BCUT2D eigenvalue weighted by Gasteiger charge is -2.14. The van der Waals surface area contributed by atoms with E-state index < -0.39 is 0 Å². The van der Waals surface area contributed by atoms with Crippen molar-refractivity contribution in [2.24, 2.45) is 0 Å². The number of carbonyl (C=O) groups excluding carboxylic acids is 2. The summed E-state index contributed by atoms with van der Waals surface area (Å²) in [7, 11) is 3.05. The molecule has 0 saturated heterocycles. The van der Waals surface area contributed by atoms with Gasteiger partial charge in [-0.15, -0.1) is 0 Å². The lowest BCUT2D eigenvalue weighted by Crippen LogP contribution is -2.34. The van der Waals surface area contributed by atoms with Gasteiger partial charge in [0.25, 0.3) is 5.91 Å². The Balaban J connectivity index is 2.00. The number of ether oxygens (including phenoxy) is 2. The second kappa shape index (κ2) is 11.0. The summed E-state index contributed by atoms with van der Waals surface area (Å²) in [6, 6.07) is 11.9. The fraction of sp³-hybridized carbons (Fsp3) is 0.286. The van der Waals surface area contributed by atoms with E-state index in [1.165, 1.54) is 14.2 Å². The number of carbonyl (C=O) groups is 2. The van der Waals surface area contributed by atoms with Gasteiger partial charge in [-0.25, -0.2) is 0 Å².